The van der Waals surface area contributed by atoms with Crippen LogP contribution in [0, 0.1) is 5.92 Å². The van der Waals surface area contributed by atoms with Gasteiger partial charge in [-0.1, -0.05) is 38.5 Å². The second-order valence-electron chi connectivity index (χ2n) is 5.80. The number of hydrogen-bond donors (Lipinski definition) is 1. The van der Waals surface area contributed by atoms with E-state index in [2.05, 4.69) is 53.7 Å². The number of nitrogens with zero attached hydrogens (tertiary/aromatic N) is 1. The molecule has 1 saturated heterocycles. The summed E-state index contributed by atoms with van der Waals surface area (Å²) in [7, 11) is 0. The van der Waals surface area contributed by atoms with Gasteiger partial charge in [-0.2, -0.15) is 0 Å². The van der Waals surface area contributed by atoms with Gasteiger partial charge in [0.05, 0.1) is 0 Å². The fourth-order valence-electron chi connectivity index (χ4n) is 3.27. The van der Waals surface area contributed by atoms with Gasteiger partial charge in [0.1, 0.15) is 0 Å². The average Bonchev–Trinajstić information content (AvgIpc) is 2.92. The number of fused-ring (bicyclic) bond motifs is 1. The van der Waals surface area contributed by atoms with Crippen molar-refractivity contribution in [1.82, 2.24) is 10.2 Å². The van der Waals surface area contributed by atoms with Gasteiger partial charge in [-0.15, -0.1) is 36.2 Å². The molecule has 22 heavy (non-hydrogen) atoms. The molecule has 0 bridgehead atoms. The number of halogens is 2. The van der Waals surface area contributed by atoms with Crippen LogP contribution < -0.4 is 5.32 Å². The van der Waals surface area contributed by atoms with Gasteiger partial charge >= 0.3 is 0 Å². The SMILES string of the molecule is CCC(C)[C@H](c1csc2ccccc12)N1CCNCC1.Cl.Cl. The molecule has 1 aromatic carbocycles. The van der Waals surface area contributed by atoms with Crippen LogP contribution in [0.25, 0.3) is 10.1 Å². The highest BCUT2D eigenvalue weighted by molar-refractivity contribution is 7.17. The molecule has 2 aromatic rings. The lowest BCUT2D eigenvalue weighted by molar-refractivity contribution is 0.130. The first kappa shape index (κ1) is 19.7. The van der Waals surface area contributed by atoms with Crippen LogP contribution in [0.2, 0.25) is 0 Å². The molecule has 2 nitrogen and oxygen atoms in total. The van der Waals surface area contributed by atoms with Crippen molar-refractivity contribution in [3.05, 3.63) is 35.2 Å². The molecule has 1 unspecified atom stereocenters. The first-order chi connectivity index (χ1) is 9.81. The number of hydrogen-bond acceptors (Lipinski definition) is 3. The maximum atomic E-state index is 3.47. The van der Waals surface area contributed by atoms with Crippen LogP contribution >= 0.6 is 36.2 Å². The molecular weight excluding hydrogens is 335 g/mol. The Balaban J connectivity index is 0.00000121. The highest BCUT2D eigenvalue weighted by Gasteiger charge is 2.28. The molecule has 1 fully saturated rings. The van der Waals surface area contributed by atoms with E-state index in [1.165, 1.54) is 29.6 Å². The van der Waals surface area contributed by atoms with Crippen LogP contribution in [0.4, 0.5) is 0 Å². The summed E-state index contributed by atoms with van der Waals surface area (Å²) in [6.45, 7) is 9.29. The number of benzene rings is 1. The minimum absolute atomic E-state index is 0. The maximum Gasteiger partial charge on any atom is 0.0389 e. The Hall–Kier alpha value is -0.320. The van der Waals surface area contributed by atoms with E-state index >= 15 is 0 Å². The van der Waals surface area contributed by atoms with Crippen molar-refractivity contribution in [1.29, 1.82) is 0 Å². The van der Waals surface area contributed by atoms with Gasteiger partial charge in [0.2, 0.25) is 0 Å². The molecule has 0 amide bonds. The fourth-order valence-corrected chi connectivity index (χ4v) is 4.26. The third-order valence-electron chi connectivity index (χ3n) is 4.56. The monoisotopic (exact) mass is 360 g/mol. The molecule has 2 atom stereocenters. The second kappa shape index (κ2) is 9.09. The molecule has 0 aliphatic carbocycles. The summed E-state index contributed by atoms with van der Waals surface area (Å²) < 4.78 is 1.42. The van der Waals surface area contributed by atoms with Crippen molar-refractivity contribution < 1.29 is 0 Å². The van der Waals surface area contributed by atoms with Crippen molar-refractivity contribution in [2.24, 2.45) is 5.92 Å². The summed E-state index contributed by atoms with van der Waals surface area (Å²) in [6.07, 6.45) is 1.23. The minimum Gasteiger partial charge on any atom is -0.314 e. The van der Waals surface area contributed by atoms with E-state index in [0.29, 0.717) is 12.0 Å². The Morgan fingerprint density at radius 2 is 1.86 bits per heavy atom. The van der Waals surface area contributed by atoms with Crippen molar-refractivity contribution >= 4 is 46.2 Å². The van der Waals surface area contributed by atoms with Gasteiger partial charge in [-0.3, -0.25) is 4.90 Å². The fraction of sp³-hybridized carbons (Fsp3) is 0.529. The predicted molar refractivity (Wildman–Crippen MR) is 103 cm³/mol. The molecule has 1 aromatic heterocycles. The molecule has 0 spiro atoms. The van der Waals surface area contributed by atoms with E-state index in [0.717, 1.165) is 13.1 Å². The standard InChI is InChI=1S/C17H24N2S.2ClH/c1-3-13(2)17(19-10-8-18-9-11-19)15-12-20-16-7-5-4-6-14(15)16;;/h4-7,12-13,17-18H,3,8-11H2,1-2H3;2*1H/t13?,17-;;/m1../s1. The van der Waals surface area contributed by atoms with E-state index in [9.17, 15) is 0 Å². The average molecular weight is 361 g/mol. The number of thiophene rings is 1. The van der Waals surface area contributed by atoms with Crippen LogP contribution in [-0.4, -0.2) is 31.1 Å². The predicted octanol–water partition coefficient (Wildman–Crippen LogP) is 4.74. The molecule has 1 aliphatic heterocycles. The van der Waals surface area contributed by atoms with Crippen LogP contribution in [0.3, 0.4) is 0 Å². The van der Waals surface area contributed by atoms with Gasteiger partial charge in [-0.05, 0) is 28.3 Å². The van der Waals surface area contributed by atoms with Crippen LogP contribution in [0.5, 0.6) is 0 Å². The Bertz CT molecular complexity index is 567. The van der Waals surface area contributed by atoms with Gasteiger partial charge in [-0.25, -0.2) is 0 Å². The summed E-state index contributed by atoms with van der Waals surface area (Å²) in [5.41, 5.74) is 1.54. The quantitative estimate of drug-likeness (QED) is 0.846. The number of nitrogens with one attached hydrogen (secondary N) is 1. The zero-order valence-electron chi connectivity index (χ0n) is 13.2. The molecular formula is C17H26Cl2N2S. The minimum atomic E-state index is 0. The second-order valence-corrected chi connectivity index (χ2v) is 6.71. The highest BCUT2D eigenvalue weighted by atomic mass is 35.5. The van der Waals surface area contributed by atoms with Crippen LogP contribution in [0.1, 0.15) is 31.9 Å². The van der Waals surface area contributed by atoms with Crippen LogP contribution in [0.15, 0.2) is 29.6 Å². The third kappa shape index (κ3) is 3.95. The third-order valence-corrected chi connectivity index (χ3v) is 5.54. The summed E-state index contributed by atoms with van der Waals surface area (Å²) in [5.74, 6) is 0.700. The highest BCUT2D eigenvalue weighted by Crippen LogP contribution is 2.38. The normalized spacial score (nSPS) is 18.3. The lowest BCUT2D eigenvalue weighted by Gasteiger charge is -2.38. The van der Waals surface area contributed by atoms with E-state index in [4.69, 9.17) is 0 Å². The first-order valence-electron chi connectivity index (χ1n) is 7.72. The van der Waals surface area contributed by atoms with E-state index in [-0.39, 0.29) is 24.8 Å². The van der Waals surface area contributed by atoms with Gasteiger partial charge in [0.15, 0.2) is 0 Å². The van der Waals surface area contributed by atoms with Gasteiger partial charge in [0.25, 0.3) is 0 Å². The van der Waals surface area contributed by atoms with Crippen molar-refractivity contribution in [2.45, 2.75) is 26.3 Å². The molecule has 2 heterocycles. The Kier molecular flexibility index (Phi) is 8.15. The molecule has 1 aliphatic rings. The summed E-state index contributed by atoms with van der Waals surface area (Å²) in [4.78, 5) is 2.68. The molecule has 124 valence electrons. The molecule has 5 heteroatoms. The Morgan fingerprint density at radius 1 is 1.18 bits per heavy atom. The molecule has 1 N–H and O–H groups in total. The smallest absolute Gasteiger partial charge is 0.0389 e. The Labute approximate surface area is 150 Å². The van der Waals surface area contributed by atoms with Gasteiger partial charge in [0, 0.05) is 36.9 Å². The summed E-state index contributed by atoms with van der Waals surface area (Å²) >= 11 is 1.89. The van der Waals surface area contributed by atoms with E-state index in [1.54, 1.807) is 5.56 Å². The van der Waals surface area contributed by atoms with Crippen molar-refractivity contribution in [3.63, 3.8) is 0 Å². The van der Waals surface area contributed by atoms with E-state index < -0.39 is 0 Å². The molecule has 0 radical (unpaired) electrons. The van der Waals surface area contributed by atoms with Gasteiger partial charge < -0.3 is 5.32 Å². The van der Waals surface area contributed by atoms with Crippen molar-refractivity contribution in [2.75, 3.05) is 26.2 Å². The largest absolute Gasteiger partial charge is 0.314 e. The lowest BCUT2D eigenvalue weighted by Crippen LogP contribution is -2.46. The Morgan fingerprint density at radius 3 is 2.55 bits per heavy atom. The van der Waals surface area contributed by atoms with Crippen molar-refractivity contribution in [3.8, 4) is 0 Å². The topological polar surface area (TPSA) is 15.3 Å². The van der Waals surface area contributed by atoms with E-state index in [1.807, 2.05) is 11.3 Å². The number of rotatable bonds is 4. The summed E-state index contributed by atoms with van der Waals surface area (Å²) in [6, 6.07) is 9.42. The lowest BCUT2D eigenvalue weighted by atomic mass is 9.90. The summed E-state index contributed by atoms with van der Waals surface area (Å²) in [5, 5.41) is 7.32. The molecule has 3 rings (SSSR count). The number of piperazine rings is 1. The zero-order valence-corrected chi connectivity index (χ0v) is 15.7. The van der Waals surface area contributed by atoms with Crippen LogP contribution in [-0.2, 0) is 0 Å². The zero-order chi connectivity index (χ0) is 13.9. The first-order valence-corrected chi connectivity index (χ1v) is 8.60. The molecule has 0 saturated carbocycles. The maximum absolute atomic E-state index is 3.47.